The minimum atomic E-state index is -3.28. The molecule has 2 aromatic heterocycles. The second kappa shape index (κ2) is 7.58. The highest BCUT2D eigenvalue weighted by molar-refractivity contribution is 6.30. The molecule has 0 radical (unpaired) electrons. The summed E-state index contributed by atoms with van der Waals surface area (Å²) in [5.41, 5.74) is -0.175. The van der Waals surface area contributed by atoms with Crippen LogP contribution in [-0.2, 0) is 12.5 Å². The van der Waals surface area contributed by atoms with Gasteiger partial charge in [-0.3, -0.25) is 4.79 Å². The highest BCUT2D eigenvalue weighted by Crippen LogP contribution is 2.28. The van der Waals surface area contributed by atoms with Gasteiger partial charge in [-0.2, -0.15) is 9.49 Å². The van der Waals surface area contributed by atoms with Gasteiger partial charge in [0.15, 0.2) is 0 Å². The zero-order chi connectivity index (χ0) is 21.5. The van der Waals surface area contributed by atoms with Crippen LogP contribution in [0.25, 0.3) is 22.0 Å². The van der Waals surface area contributed by atoms with Crippen LogP contribution in [-0.4, -0.2) is 30.1 Å². The Bertz CT molecular complexity index is 1300. The van der Waals surface area contributed by atoms with Crippen molar-refractivity contribution in [2.24, 2.45) is 0 Å². The molecule has 0 fully saturated rings. The summed E-state index contributed by atoms with van der Waals surface area (Å²) in [5.74, 6) is -4.36. The fourth-order valence-electron chi connectivity index (χ4n) is 3.10. The zero-order valence-electron chi connectivity index (χ0n) is 15.3. The molecule has 0 aliphatic heterocycles. The van der Waals surface area contributed by atoms with Gasteiger partial charge in [-0.25, -0.2) is 9.67 Å². The molecule has 152 valence electrons. The molecule has 4 rings (SSSR count). The van der Waals surface area contributed by atoms with Crippen molar-refractivity contribution in [2.45, 2.75) is 12.5 Å². The first-order chi connectivity index (χ1) is 14.2. The molecule has 0 aliphatic rings. The molecule has 2 heterocycles. The number of aromatic nitrogens is 3. The molecule has 0 saturated heterocycles. The fourth-order valence-corrected chi connectivity index (χ4v) is 3.23. The van der Waals surface area contributed by atoms with E-state index < -0.39 is 17.6 Å². The first-order valence-electron chi connectivity index (χ1n) is 8.83. The minimum Gasteiger partial charge on any atom is -0.338 e. The van der Waals surface area contributed by atoms with Crippen LogP contribution in [0.15, 0.2) is 65.5 Å². The van der Waals surface area contributed by atoms with Gasteiger partial charge in [-0.05, 0) is 35.9 Å². The first kappa shape index (κ1) is 20.1. The summed E-state index contributed by atoms with van der Waals surface area (Å²) in [4.78, 5) is 16.3. The lowest BCUT2D eigenvalue weighted by molar-refractivity contribution is -0.326. The summed E-state index contributed by atoms with van der Waals surface area (Å²) in [6.45, 7) is 0.133. The van der Waals surface area contributed by atoms with E-state index in [0.717, 1.165) is 11.6 Å². The standard InChI is InChI=1S/C21H15ClFN3O4/c22-13-7-5-12(6-8-13)11-26-20(27)15-4-2-1-3-14(15)18(25-26)16-9-10-17(21(28,29)30)24-19(16)23/h1-10,28-30H,11H2. The largest absolute Gasteiger partial charge is 0.338 e. The average molecular weight is 428 g/mol. The monoisotopic (exact) mass is 427 g/mol. The lowest BCUT2D eigenvalue weighted by atomic mass is 10.1. The molecular formula is C21H15ClFN3O4. The lowest BCUT2D eigenvalue weighted by Gasteiger charge is -2.15. The van der Waals surface area contributed by atoms with Crippen LogP contribution >= 0.6 is 11.6 Å². The van der Waals surface area contributed by atoms with Crippen molar-refractivity contribution in [3.63, 3.8) is 0 Å². The van der Waals surface area contributed by atoms with Crippen molar-refractivity contribution < 1.29 is 19.7 Å². The van der Waals surface area contributed by atoms with E-state index in [0.29, 0.717) is 15.8 Å². The second-order valence-corrected chi connectivity index (χ2v) is 7.09. The summed E-state index contributed by atoms with van der Waals surface area (Å²) in [7, 11) is 0. The smallest absolute Gasteiger partial charge is 0.322 e. The highest BCUT2D eigenvalue weighted by Gasteiger charge is 2.26. The maximum atomic E-state index is 14.7. The Morgan fingerprint density at radius 3 is 2.27 bits per heavy atom. The normalized spacial score (nSPS) is 11.8. The third-order valence-corrected chi connectivity index (χ3v) is 4.81. The van der Waals surface area contributed by atoms with Crippen molar-refractivity contribution >= 4 is 22.4 Å². The van der Waals surface area contributed by atoms with Gasteiger partial charge in [0.1, 0.15) is 11.4 Å². The number of fused-ring (bicyclic) bond motifs is 1. The van der Waals surface area contributed by atoms with Crippen molar-refractivity contribution in [1.29, 1.82) is 0 Å². The topological polar surface area (TPSA) is 108 Å². The first-order valence-corrected chi connectivity index (χ1v) is 9.20. The number of halogens is 2. The predicted molar refractivity (Wildman–Crippen MR) is 108 cm³/mol. The molecule has 0 amide bonds. The highest BCUT2D eigenvalue weighted by atomic mass is 35.5. The van der Waals surface area contributed by atoms with E-state index in [1.165, 1.54) is 10.7 Å². The molecule has 0 unspecified atom stereocenters. The third-order valence-electron chi connectivity index (χ3n) is 4.56. The lowest BCUT2D eigenvalue weighted by Crippen LogP contribution is -2.26. The van der Waals surface area contributed by atoms with Crippen LogP contribution in [0.3, 0.4) is 0 Å². The van der Waals surface area contributed by atoms with E-state index in [2.05, 4.69) is 10.1 Å². The predicted octanol–water partition coefficient (Wildman–Crippen LogP) is 2.39. The van der Waals surface area contributed by atoms with Gasteiger partial charge < -0.3 is 15.3 Å². The molecule has 9 heteroatoms. The van der Waals surface area contributed by atoms with E-state index in [9.17, 15) is 24.5 Å². The SMILES string of the molecule is O=c1c2ccccc2c(-c2ccc(C(O)(O)O)nc2F)nn1Cc1ccc(Cl)cc1. The Morgan fingerprint density at radius 2 is 1.63 bits per heavy atom. The van der Waals surface area contributed by atoms with Gasteiger partial charge in [0.05, 0.1) is 17.5 Å². The van der Waals surface area contributed by atoms with E-state index in [-0.39, 0.29) is 23.4 Å². The third kappa shape index (κ3) is 3.81. The molecule has 0 saturated carbocycles. The maximum absolute atomic E-state index is 14.7. The summed E-state index contributed by atoms with van der Waals surface area (Å²) in [6.07, 6.45) is 0. The van der Waals surface area contributed by atoms with E-state index in [4.69, 9.17) is 11.6 Å². The van der Waals surface area contributed by atoms with Crippen LogP contribution in [0.4, 0.5) is 4.39 Å². The molecule has 0 aliphatic carbocycles. The van der Waals surface area contributed by atoms with Crippen molar-refractivity contribution in [1.82, 2.24) is 14.8 Å². The van der Waals surface area contributed by atoms with E-state index in [1.54, 1.807) is 48.5 Å². The molecule has 3 N–H and O–H groups in total. The van der Waals surface area contributed by atoms with Crippen molar-refractivity contribution in [3.05, 3.63) is 93.2 Å². The van der Waals surface area contributed by atoms with Crippen LogP contribution < -0.4 is 5.56 Å². The summed E-state index contributed by atoms with van der Waals surface area (Å²) in [5, 5.41) is 33.3. The minimum absolute atomic E-state index is 0.0657. The number of aliphatic hydroxyl groups is 3. The number of pyridine rings is 1. The summed E-state index contributed by atoms with van der Waals surface area (Å²) < 4.78 is 15.9. The Labute approximate surface area is 174 Å². The van der Waals surface area contributed by atoms with Crippen LogP contribution in [0.2, 0.25) is 5.02 Å². The molecular weight excluding hydrogens is 413 g/mol. The van der Waals surface area contributed by atoms with Crippen LogP contribution in [0.1, 0.15) is 11.3 Å². The number of rotatable bonds is 4. The zero-order valence-corrected chi connectivity index (χ0v) is 16.1. The Morgan fingerprint density at radius 1 is 0.967 bits per heavy atom. The molecule has 2 aromatic carbocycles. The number of hydrogen-bond donors (Lipinski definition) is 3. The molecule has 0 bridgehead atoms. The number of benzene rings is 2. The van der Waals surface area contributed by atoms with E-state index in [1.807, 2.05) is 0 Å². The Kier molecular flexibility index (Phi) is 5.08. The van der Waals surface area contributed by atoms with Gasteiger partial charge in [0, 0.05) is 10.4 Å². The number of hydrogen-bond acceptors (Lipinski definition) is 6. The van der Waals surface area contributed by atoms with Gasteiger partial charge in [-0.1, -0.05) is 41.9 Å². The maximum Gasteiger partial charge on any atom is 0.322 e. The van der Waals surface area contributed by atoms with Gasteiger partial charge in [0.2, 0.25) is 5.95 Å². The van der Waals surface area contributed by atoms with E-state index >= 15 is 0 Å². The van der Waals surface area contributed by atoms with Crippen molar-refractivity contribution in [3.8, 4) is 11.3 Å². The Balaban J connectivity index is 1.90. The molecule has 7 nitrogen and oxygen atoms in total. The molecule has 0 spiro atoms. The van der Waals surface area contributed by atoms with Gasteiger partial charge in [0.25, 0.3) is 5.56 Å². The van der Waals surface area contributed by atoms with Crippen molar-refractivity contribution in [2.75, 3.05) is 0 Å². The second-order valence-electron chi connectivity index (χ2n) is 6.65. The fraction of sp³-hybridized carbons (Fsp3) is 0.0952. The molecule has 0 atom stereocenters. The number of nitrogens with zero attached hydrogens (tertiary/aromatic N) is 3. The quantitative estimate of drug-likeness (QED) is 0.341. The van der Waals surface area contributed by atoms with Gasteiger partial charge in [-0.15, -0.1) is 0 Å². The van der Waals surface area contributed by atoms with Gasteiger partial charge >= 0.3 is 5.97 Å². The average Bonchev–Trinajstić information content (AvgIpc) is 2.71. The molecule has 4 aromatic rings. The summed E-state index contributed by atoms with van der Waals surface area (Å²) >= 11 is 5.91. The van der Waals surface area contributed by atoms with Crippen LogP contribution in [0.5, 0.6) is 0 Å². The Hall–Kier alpha value is -3.17. The summed E-state index contributed by atoms with van der Waals surface area (Å²) in [6, 6.07) is 15.8. The van der Waals surface area contributed by atoms with Crippen LogP contribution in [0, 0.1) is 5.95 Å². The molecule has 30 heavy (non-hydrogen) atoms.